The van der Waals surface area contributed by atoms with Crippen LogP contribution < -0.4 is 15.4 Å². The van der Waals surface area contributed by atoms with Gasteiger partial charge >= 0.3 is 0 Å². The average molecular weight is 279 g/mol. The number of anilines is 1. The molecular formula is C13H17N3O4. The first kappa shape index (κ1) is 14.1. The number of methoxy groups -OCH3 is 1. The number of rotatable bonds is 4. The van der Waals surface area contributed by atoms with Gasteiger partial charge in [-0.05, 0) is 25.3 Å². The Morgan fingerprint density at radius 3 is 2.50 bits per heavy atom. The molecule has 0 spiro atoms. The number of benzene rings is 1. The molecule has 2 N–H and O–H groups in total. The molecular weight excluding hydrogens is 262 g/mol. The van der Waals surface area contributed by atoms with Gasteiger partial charge in [0.1, 0.15) is 5.75 Å². The highest BCUT2D eigenvalue weighted by Crippen LogP contribution is 2.40. The number of amides is 1. The molecule has 1 aliphatic rings. The highest BCUT2D eigenvalue weighted by atomic mass is 16.6. The average Bonchev–Trinajstić information content (AvgIpc) is 2.46. The molecule has 0 atom stereocenters. The zero-order chi connectivity index (χ0) is 14.7. The minimum absolute atomic E-state index is 0.0781. The van der Waals surface area contributed by atoms with Gasteiger partial charge in [0.05, 0.1) is 12.0 Å². The summed E-state index contributed by atoms with van der Waals surface area (Å²) in [5.41, 5.74) is 5.58. The van der Waals surface area contributed by atoms with E-state index in [1.54, 1.807) is 0 Å². The summed E-state index contributed by atoms with van der Waals surface area (Å²) in [5, 5.41) is 11.3. The van der Waals surface area contributed by atoms with Crippen LogP contribution in [0.15, 0.2) is 12.1 Å². The van der Waals surface area contributed by atoms with Gasteiger partial charge in [-0.1, -0.05) is 0 Å². The van der Waals surface area contributed by atoms with Crippen LogP contribution >= 0.6 is 0 Å². The minimum atomic E-state index is -0.711. The number of carbonyl (C=O) groups is 1. The number of hydrogen-bond donors (Lipinski definition) is 1. The lowest BCUT2D eigenvalue weighted by molar-refractivity contribution is -0.384. The molecule has 0 radical (unpaired) electrons. The molecule has 0 saturated carbocycles. The maximum atomic E-state index is 11.3. The Morgan fingerprint density at radius 1 is 1.35 bits per heavy atom. The summed E-state index contributed by atoms with van der Waals surface area (Å²) in [6.45, 7) is 1.49. The highest BCUT2D eigenvalue weighted by molar-refractivity contribution is 5.95. The van der Waals surface area contributed by atoms with Crippen LogP contribution in [0.4, 0.5) is 11.4 Å². The van der Waals surface area contributed by atoms with Crippen molar-refractivity contribution >= 4 is 17.3 Å². The van der Waals surface area contributed by atoms with Crippen molar-refractivity contribution in [2.45, 2.75) is 19.3 Å². The van der Waals surface area contributed by atoms with E-state index in [1.807, 2.05) is 4.90 Å². The van der Waals surface area contributed by atoms with Crippen LogP contribution in [0, 0.1) is 10.1 Å². The zero-order valence-electron chi connectivity index (χ0n) is 11.3. The van der Waals surface area contributed by atoms with Gasteiger partial charge in [-0.2, -0.15) is 0 Å². The third kappa shape index (κ3) is 2.66. The van der Waals surface area contributed by atoms with E-state index in [2.05, 4.69) is 0 Å². The number of carbonyl (C=O) groups excluding carboxylic acids is 1. The van der Waals surface area contributed by atoms with Gasteiger partial charge in [0.2, 0.25) is 5.91 Å². The summed E-state index contributed by atoms with van der Waals surface area (Å²) in [6.07, 6.45) is 3.09. The van der Waals surface area contributed by atoms with Crippen LogP contribution in [-0.4, -0.2) is 31.0 Å². The second-order valence-electron chi connectivity index (χ2n) is 4.72. The van der Waals surface area contributed by atoms with Gasteiger partial charge in [0.25, 0.3) is 5.69 Å². The van der Waals surface area contributed by atoms with Crippen molar-refractivity contribution in [2.24, 2.45) is 5.73 Å². The largest absolute Gasteiger partial charge is 0.494 e. The Bertz CT molecular complexity index is 539. The van der Waals surface area contributed by atoms with E-state index in [4.69, 9.17) is 10.5 Å². The van der Waals surface area contributed by atoms with E-state index in [9.17, 15) is 14.9 Å². The molecule has 1 aromatic carbocycles. The molecule has 20 heavy (non-hydrogen) atoms. The summed E-state index contributed by atoms with van der Waals surface area (Å²) in [6, 6.07) is 2.67. The Labute approximate surface area is 116 Å². The molecule has 1 aromatic rings. The molecule has 108 valence electrons. The molecule has 1 fully saturated rings. The predicted octanol–water partition coefficient (Wildman–Crippen LogP) is 1.69. The van der Waals surface area contributed by atoms with Crippen LogP contribution in [0.5, 0.6) is 5.75 Å². The molecule has 2 rings (SSSR count). The van der Waals surface area contributed by atoms with E-state index in [-0.39, 0.29) is 11.3 Å². The number of nitro groups is 1. The second-order valence-corrected chi connectivity index (χ2v) is 4.72. The van der Waals surface area contributed by atoms with E-state index in [0.29, 0.717) is 11.4 Å². The van der Waals surface area contributed by atoms with Crippen molar-refractivity contribution in [3.05, 3.63) is 27.8 Å². The van der Waals surface area contributed by atoms with Crippen LogP contribution in [0.1, 0.15) is 29.6 Å². The van der Waals surface area contributed by atoms with Crippen molar-refractivity contribution in [3.63, 3.8) is 0 Å². The topological polar surface area (TPSA) is 98.7 Å². The number of ether oxygens (including phenoxy) is 1. The summed E-state index contributed by atoms with van der Waals surface area (Å²) in [7, 11) is 1.43. The monoisotopic (exact) mass is 279 g/mol. The molecule has 0 bridgehead atoms. The Kier molecular flexibility index (Phi) is 4.07. The van der Waals surface area contributed by atoms with E-state index >= 15 is 0 Å². The number of primary amides is 1. The lowest BCUT2D eigenvalue weighted by Gasteiger charge is -2.29. The second kappa shape index (κ2) is 5.77. The molecule has 1 aliphatic heterocycles. The number of nitrogens with two attached hydrogens (primary N) is 1. The maximum absolute atomic E-state index is 11.3. The van der Waals surface area contributed by atoms with Crippen molar-refractivity contribution in [3.8, 4) is 5.75 Å². The van der Waals surface area contributed by atoms with Gasteiger partial charge in [-0.25, -0.2) is 0 Å². The van der Waals surface area contributed by atoms with Crippen molar-refractivity contribution in [1.29, 1.82) is 0 Å². The lowest BCUT2D eigenvalue weighted by Crippen LogP contribution is -2.30. The molecule has 7 heteroatoms. The minimum Gasteiger partial charge on any atom is -0.494 e. The smallest absolute Gasteiger partial charge is 0.297 e. The Balaban J connectivity index is 2.56. The summed E-state index contributed by atoms with van der Waals surface area (Å²) in [5.74, 6) is -0.397. The fraction of sp³-hybridized carbons (Fsp3) is 0.462. The van der Waals surface area contributed by atoms with Gasteiger partial charge in [0, 0.05) is 24.7 Å². The fourth-order valence-corrected chi connectivity index (χ4v) is 2.47. The SMILES string of the molecule is COc1cc(C(N)=O)cc([N+](=O)[O-])c1N1CCCCC1. The first-order chi connectivity index (χ1) is 9.54. The van der Waals surface area contributed by atoms with Crippen LogP contribution in [0.3, 0.4) is 0 Å². The van der Waals surface area contributed by atoms with Gasteiger partial charge in [0.15, 0.2) is 5.69 Å². The molecule has 1 amide bonds. The molecule has 1 heterocycles. The van der Waals surface area contributed by atoms with Gasteiger partial charge in [-0.3, -0.25) is 14.9 Å². The molecule has 0 aromatic heterocycles. The standard InChI is InChI=1S/C13H17N3O4/c1-20-11-8-9(13(14)17)7-10(16(18)19)12(11)15-5-3-2-4-6-15/h7-8H,2-6H2,1H3,(H2,14,17). The van der Waals surface area contributed by atoms with E-state index in [0.717, 1.165) is 32.4 Å². The molecule has 7 nitrogen and oxygen atoms in total. The normalized spacial score (nSPS) is 14.9. The summed E-state index contributed by atoms with van der Waals surface area (Å²) < 4.78 is 5.23. The number of nitrogens with zero attached hydrogens (tertiary/aromatic N) is 2. The summed E-state index contributed by atoms with van der Waals surface area (Å²) >= 11 is 0. The quantitative estimate of drug-likeness (QED) is 0.668. The number of hydrogen-bond acceptors (Lipinski definition) is 5. The number of piperidine rings is 1. The third-order valence-electron chi connectivity index (χ3n) is 3.43. The summed E-state index contributed by atoms with van der Waals surface area (Å²) in [4.78, 5) is 24.0. The third-order valence-corrected chi connectivity index (χ3v) is 3.43. The van der Waals surface area contributed by atoms with E-state index < -0.39 is 10.8 Å². The Hall–Kier alpha value is -2.31. The molecule has 0 unspecified atom stereocenters. The molecule has 1 saturated heterocycles. The predicted molar refractivity (Wildman–Crippen MR) is 74.2 cm³/mol. The van der Waals surface area contributed by atoms with Crippen LogP contribution in [0.25, 0.3) is 0 Å². The number of nitro benzene ring substituents is 1. The van der Waals surface area contributed by atoms with Crippen molar-refractivity contribution in [2.75, 3.05) is 25.1 Å². The van der Waals surface area contributed by atoms with Gasteiger partial charge < -0.3 is 15.4 Å². The first-order valence-electron chi connectivity index (χ1n) is 6.45. The van der Waals surface area contributed by atoms with Gasteiger partial charge in [-0.15, -0.1) is 0 Å². The van der Waals surface area contributed by atoms with Crippen LogP contribution in [-0.2, 0) is 0 Å². The highest BCUT2D eigenvalue weighted by Gasteiger charge is 2.27. The molecule has 0 aliphatic carbocycles. The van der Waals surface area contributed by atoms with Crippen molar-refractivity contribution < 1.29 is 14.5 Å². The fourth-order valence-electron chi connectivity index (χ4n) is 2.47. The van der Waals surface area contributed by atoms with Crippen molar-refractivity contribution in [1.82, 2.24) is 0 Å². The first-order valence-corrected chi connectivity index (χ1v) is 6.45. The zero-order valence-corrected chi connectivity index (χ0v) is 11.3. The van der Waals surface area contributed by atoms with E-state index in [1.165, 1.54) is 19.2 Å². The lowest BCUT2D eigenvalue weighted by atomic mass is 10.1. The Morgan fingerprint density at radius 2 is 2.00 bits per heavy atom. The van der Waals surface area contributed by atoms with Crippen LogP contribution in [0.2, 0.25) is 0 Å². The maximum Gasteiger partial charge on any atom is 0.297 e.